The Balaban J connectivity index is 3.27. The first-order chi connectivity index (χ1) is 9.34. The minimum atomic E-state index is -3.47. The maximum absolute atomic E-state index is 12.7. The number of sulfonamides is 1. The van der Waals surface area contributed by atoms with Crippen molar-refractivity contribution < 1.29 is 8.42 Å². The van der Waals surface area contributed by atoms with E-state index in [2.05, 4.69) is 11.9 Å². The van der Waals surface area contributed by atoms with E-state index < -0.39 is 10.0 Å². The van der Waals surface area contributed by atoms with Crippen LogP contribution in [0.15, 0.2) is 35.2 Å². The Morgan fingerprint density at radius 1 is 1.40 bits per heavy atom. The normalized spacial score (nSPS) is 11.8. The lowest BCUT2D eigenvalue weighted by Gasteiger charge is -2.22. The highest BCUT2D eigenvalue weighted by atomic mass is 32.2. The maximum Gasteiger partial charge on any atom is 0.243 e. The summed E-state index contributed by atoms with van der Waals surface area (Å²) >= 11 is 0. The van der Waals surface area contributed by atoms with Crippen LogP contribution in [0.4, 0.5) is 0 Å². The van der Waals surface area contributed by atoms with Crippen LogP contribution in [0.3, 0.4) is 0 Å². The van der Waals surface area contributed by atoms with Gasteiger partial charge in [0.15, 0.2) is 0 Å². The standard InChI is InChI=1S/C15H24N2O2S/c1-6-17(11-12(2)3)20(18,19)15-9-7-8-14(10-16-5)13(15)4/h7-9,16H,2,6,10-11H2,1,3-5H3. The third-order valence-corrected chi connectivity index (χ3v) is 5.25. The molecule has 1 aromatic rings. The number of hydrogen-bond acceptors (Lipinski definition) is 3. The van der Waals surface area contributed by atoms with Crippen LogP contribution >= 0.6 is 0 Å². The molecule has 0 saturated carbocycles. The molecule has 0 unspecified atom stereocenters. The summed E-state index contributed by atoms with van der Waals surface area (Å²) in [4.78, 5) is 0.383. The lowest BCUT2D eigenvalue weighted by Crippen LogP contribution is -2.32. The zero-order valence-corrected chi connectivity index (χ0v) is 13.5. The minimum Gasteiger partial charge on any atom is -0.316 e. The molecule has 0 atom stereocenters. The second kappa shape index (κ2) is 7.02. The van der Waals surface area contributed by atoms with Crippen LogP contribution in [0.2, 0.25) is 0 Å². The van der Waals surface area contributed by atoms with Crippen LogP contribution in [-0.2, 0) is 16.6 Å². The van der Waals surface area contributed by atoms with Crippen molar-refractivity contribution >= 4 is 10.0 Å². The molecule has 0 bridgehead atoms. The lowest BCUT2D eigenvalue weighted by molar-refractivity contribution is 0.452. The van der Waals surface area contributed by atoms with E-state index in [1.54, 1.807) is 12.1 Å². The molecule has 0 aliphatic heterocycles. The summed E-state index contributed by atoms with van der Waals surface area (Å²) in [5.74, 6) is 0. The van der Waals surface area contributed by atoms with Gasteiger partial charge in [0, 0.05) is 19.6 Å². The van der Waals surface area contributed by atoms with Gasteiger partial charge in [0.05, 0.1) is 4.90 Å². The molecule has 0 aromatic heterocycles. The van der Waals surface area contributed by atoms with E-state index in [1.807, 2.05) is 33.9 Å². The van der Waals surface area contributed by atoms with Crippen molar-refractivity contribution in [3.05, 3.63) is 41.5 Å². The van der Waals surface area contributed by atoms with Gasteiger partial charge >= 0.3 is 0 Å². The van der Waals surface area contributed by atoms with E-state index in [0.717, 1.165) is 16.7 Å². The molecule has 112 valence electrons. The van der Waals surface area contributed by atoms with Gasteiger partial charge in [0.25, 0.3) is 0 Å². The Hall–Kier alpha value is -1.17. The highest BCUT2D eigenvalue weighted by Gasteiger charge is 2.25. The molecule has 0 saturated heterocycles. The third-order valence-electron chi connectivity index (χ3n) is 3.18. The van der Waals surface area contributed by atoms with Crippen molar-refractivity contribution in [1.29, 1.82) is 0 Å². The van der Waals surface area contributed by atoms with E-state index in [0.29, 0.717) is 24.5 Å². The molecule has 1 rings (SSSR count). The first-order valence-corrected chi connectivity index (χ1v) is 8.16. The topological polar surface area (TPSA) is 49.4 Å². The minimum absolute atomic E-state index is 0.356. The summed E-state index contributed by atoms with van der Waals surface area (Å²) in [6.45, 7) is 10.8. The molecule has 0 amide bonds. The number of benzene rings is 1. The predicted octanol–water partition coefficient (Wildman–Crippen LogP) is 2.30. The zero-order valence-electron chi connectivity index (χ0n) is 12.7. The summed E-state index contributed by atoms with van der Waals surface area (Å²) in [6, 6.07) is 5.41. The van der Waals surface area contributed by atoms with Gasteiger partial charge in [0.1, 0.15) is 0 Å². The number of hydrogen-bond donors (Lipinski definition) is 1. The average Bonchev–Trinajstić information content (AvgIpc) is 2.38. The van der Waals surface area contributed by atoms with Crippen LogP contribution < -0.4 is 5.32 Å². The van der Waals surface area contributed by atoms with E-state index in [1.165, 1.54) is 4.31 Å². The molecule has 20 heavy (non-hydrogen) atoms. The van der Waals surface area contributed by atoms with Gasteiger partial charge in [-0.05, 0) is 38.1 Å². The molecule has 1 aromatic carbocycles. The monoisotopic (exact) mass is 296 g/mol. The highest BCUT2D eigenvalue weighted by molar-refractivity contribution is 7.89. The lowest BCUT2D eigenvalue weighted by atomic mass is 10.1. The highest BCUT2D eigenvalue weighted by Crippen LogP contribution is 2.23. The molecular weight excluding hydrogens is 272 g/mol. The van der Waals surface area contributed by atoms with Crippen LogP contribution in [0.25, 0.3) is 0 Å². The number of likely N-dealkylation sites (N-methyl/N-ethyl adjacent to an activating group) is 1. The van der Waals surface area contributed by atoms with Gasteiger partial charge in [-0.15, -0.1) is 0 Å². The van der Waals surface area contributed by atoms with Crippen molar-refractivity contribution in [2.24, 2.45) is 0 Å². The Labute approximate surface area is 122 Å². The fourth-order valence-electron chi connectivity index (χ4n) is 2.13. The molecule has 4 nitrogen and oxygen atoms in total. The smallest absolute Gasteiger partial charge is 0.243 e. The second-order valence-electron chi connectivity index (χ2n) is 4.96. The number of rotatable bonds is 7. The van der Waals surface area contributed by atoms with Gasteiger partial charge in [0.2, 0.25) is 10.0 Å². The van der Waals surface area contributed by atoms with Crippen molar-refractivity contribution in [1.82, 2.24) is 9.62 Å². The fourth-order valence-corrected chi connectivity index (χ4v) is 3.91. The molecule has 0 aliphatic rings. The second-order valence-corrected chi connectivity index (χ2v) is 6.87. The molecule has 1 N–H and O–H groups in total. The van der Waals surface area contributed by atoms with Crippen LogP contribution in [0.1, 0.15) is 25.0 Å². The molecule has 0 fully saturated rings. The maximum atomic E-state index is 12.7. The van der Waals surface area contributed by atoms with Gasteiger partial charge < -0.3 is 5.32 Å². The molecule has 0 heterocycles. The summed E-state index contributed by atoms with van der Waals surface area (Å²) < 4.78 is 26.9. The van der Waals surface area contributed by atoms with Crippen LogP contribution in [0.5, 0.6) is 0 Å². The predicted molar refractivity (Wildman–Crippen MR) is 83.2 cm³/mol. The third kappa shape index (κ3) is 3.69. The SMILES string of the molecule is C=C(C)CN(CC)S(=O)(=O)c1cccc(CNC)c1C. The van der Waals surface area contributed by atoms with Gasteiger partial charge in [-0.25, -0.2) is 8.42 Å². The van der Waals surface area contributed by atoms with Crippen molar-refractivity contribution in [3.63, 3.8) is 0 Å². The molecule has 0 aliphatic carbocycles. The number of nitrogens with zero attached hydrogens (tertiary/aromatic N) is 1. The zero-order chi connectivity index (χ0) is 15.3. The van der Waals surface area contributed by atoms with Crippen molar-refractivity contribution in [2.45, 2.75) is 32.2 Å². The summed E-state index contributed by atoms with van der Waals surface area (Å²) in [6.07, 6.45) is 0. The van der Waals surface area contributed by atoms with Crippen LogP contribution in [0, 0.1) is 6.92 Å². The molecular formula is C15H24N2O2S. The molecule has 0 spiro atoms. The quantitative estimate of drug-likeness (QED) is 0.786. The van der Waals surface area contributed by atoms with E-state index >= 15 is 0 Å². The first-order valence-electron chi connectivity index (χ1n) is 6.72. The Morgan fingerprint density at radius 2 is 2.05 bits per heavy atom. The first kappa shape index (κ1) is 16.9. The van der Waals surface area contributed by atoms with Crippen molar-refractivity contribution in [2.75, 3.05) is 20.1 Å². The van der Waals surface area contributed by atoms with Gasteiger partial charge in [-0.2, -0.15) is 4.31 Å². The largest absolute Gasteiger partial charge is 0.316 e. The Kier molecular flexibility index (Phi) is 5.92. The summed E-state index contributed by atoms with van der Waals surface area (Å²) in [5.41, 5.74) is 2.64. The van der Waals surface area contributed by atoms with E-state index in [-0.39, 0.29) is 0 Å². The van der Waals surface area contributed by atoms with E-state index in [4.69, 9.17) is 0 Å². The van der Waals surface area contributed by atoms with Crippen molar-refractivity contribution in [3.8, 4) is 0 Å². The Morgan fingerprint density at radius 3 is 2.55 bits per heavy atom. The Bertz CT molecular complexity index is 580. The van der Waals surface area contributed by atoms with Gasteiger partial charge in [-0.3, -0.25) is 0 Å². The molecule has 5 heteroatoms. The molecule has 0 radical (unpaired) electrons. The summed E-state index contributed by atoms with van der Waals surface area (Å²) in [5, 5.41) is 3.06. The van der Waals surface area contributed by atoms with Gasteiger partial charge in [-0.1, -0.05) is 31.2 Å². The number of nitrogens with one attached hydrogen (secondary N) is 1. The fraction of sp³-hybridized carbons (Fsp3) is 0.467. The summed E-state index contributed by atoms with van der Waals surface area (Å²) in [7, 11) is -1.63. The van der Waals surface area contributed by atoms with E-state index in [9.17, 15) is 8.42 Å². The average molecular weight is 296 g/mol. The van der Waals surface area contributed by atoms with Crippen LogP contribution in [-0.4, -0.2) is 32.9 Å².